The molecule has 0 fully saturated rings. The Labute approximate surface area is 475 Å². The summed E-state index contributed by atoms with van der Waals surface area (Å²) in [5, 5.41) is 1.58. The van der Waals surface area contributed by atoms with Gasteiger partial charge in [0.1, 0.15) is 0 Å². The molecule has 13 aromatic rings. The van der Waals surface area contributed by atoms with Crippen LogP contribution in [0.5, 0.6) is 0 Å². The third-order valence-electron chi connectivity index (χ3n) is 15.8. The Morgan fingerprint density at radius 2 is 0.910 bits per heavy atom. The summed E-state index contributed by atoms with van der Waals surface area (Å²) in [6.07, 6.45) is 0. The smallest absolute Gasteiger partial charge is 0.252 e. The lowest BCUT2D eigenvalue weighted by Gasteiger charge is -2.44. The van der Waals surface area contributed by atoms with E-state index in [1.165, 1.54) is 0 Å². The van der Waals surface area contributed by atoms with E-state index in [1.807, 2.05) is 121 Å². The first kappa shape index (κ1) is 31.7. The molecule has 0 saturated heterocycles. The maximum absolute atomic E-state index is 9.80. The Kier molecular flexibility index (Phi) is 7.11. The Hall–Kier alpha value is -10.1. The third kappa shape index (κ3) is 6.42. The summed E-state index contributed by atoms with van der Waals surface area (Å²) in [5.74, 6) is 0. The van der Waals surface area contributed by atoms with Crippen LogP contribution in [-0.2, 0) is 5.41 Å². The van der Waals surface area contributed by atoms with Crippen molar-refractivity contribution in [2.75, 3.05) is 14.7 Å². The van der Waals surface area contributed by atoms with Crippen LogP contribution in [0.2, 0.25) is 0 Å². The van der Waals surface area contributed by atoms with Gasteiger partial charge in [-0.1, -0.05) is 194 Å². The van der Waals surface area contributed by atoms with Crippen LogP contribution in [0, 0.1) is 0 Å². The van der Waals surface area contributed by atoms with E-state index in [0.29, 0.717) is 39.0 Å². The Morgan fingerprint density at radius 1 is 0.359 bits per heavy atom. The maximum Gasteiger partial charge on any atom is 0.252 e. The summed E-state index contributed by atoms with van der Waals surface area (Å²) >= 11 is 0. The number of anilines is 9. The minimum atomic E-state index is -2.11. The van der Waals surface area contributed by atoms with Gasteiger partial charge < -0.3 is 19.3 Å². The van der Waals surface area contributed by atoms with Gasteiger partial charge in [0, 0.05) is 67.6 Å². The first-order valence-corrected chi connectivity index (χ1v) is 25.8. The molecule has 2 aliphatic heterocycles. The normalized spacial score (nSPS) is 16.1. The Balaban J connectivity index is 0.990. The van der Waals surface area contributed by atoms with Crippen LogP contribution in [0.4, 0.5) is 51.2 Å². The summed E-state index contributed by atoms with van der Waals surface area (Å²) in [6, 6.07) is 59.4. The van der Waals surface area contributed by atoms with Gasteiger partial charge >= 0.3 is 0 Å². The van der Waals surface area contributed by atoms with Crippen molar-refractivity contribution >= 4 is 96.1 Å². The molecule has 364 valence electrons. The van der Waals surface area contributed by atoms with E-state index in [9.17, 15) is 11.0 Å². The Bertz CT molecular complexity index is 5220. The van der Waals surface area contributed by atoms with Gasteiger partial charge in [0.2, 0.25) is 0 Å². The largest absolute Gasteiger partial charge is 0.311 e. The second-order valence-corrected chi connectivity index (χ2v) is 19.7. The standard InChI is InChI=1S/C73H49BN4/c1-6-23-50(24-7-1)73(51-25-8-2-9-26-51)62-35-18-16-33-58(62)59-44-41-56(48-63(59)73)78-70-40-22-39-69-72(70)74(65-45-42-57(49-71(65)78)75(52-27-10-3-11-28-52)53-29-12-4-13-30-53)64-36-19-21-38-68(64)77(69)55-43-46-67-61(47-55)60-34-17-20-37-66(60)76(67)54-31-14-5-15-32-54/h1-49H/i1D,2D,5D,6D,7D,8D,9D,14D,15D,23D,24D,25D,26D,31D,32D. The van der Waals surface area contributed by atoms with Crippen molar-refractivity contribution in [1.29, 1.82) is 0 Å². The lowest BCUT2D eigenvalue weighted by Crippen LogP contribution is -2.61. The molecule has 78 heavy (non-hydrogen) atoms. The van der Waals surface area contributed by atoms with E-state index >= 15 is 0 Å². The molecular weight excluding hydrogens is 944 g/mol. The number of hydrogen-bond acceptors (Lipinski definition) is 3. The fraction of sp³-hybridized carbons (Fsp3) is 0.0137. The molecule has 3 aliphatic rings. The van der Waals surface area contributed by atoms with Gasteiger partial charge in [-0.05, 0) is 153 Å². The second kappa shape index (κ2) is 17.5. The van der Waals surface area contributed by atoms with Crippen LogP contribution in [0.15, 0.2) is 297 Å². The van der Waals surface area contributed by atoms with Gasteiger partial charge in [-0.3, -0.25) is 0 Å². The number of fused-ring (bicyclic) bond motifs is 10. The van der Waals surface area contributed by atoms with Crippen LogP contribution in [0.1, 0.15) is 42.8 Å². The van der Waals surface area contributed by atoms with E-state index in [4.69, 9.17) is 9.60 Å². The number of benzene rings is 12. The highest BCUT2D eigenvalue weighted by Crippen LogP contribution is 2.58. The van der Waals surface area contributed by atoms with Crippen LogP contribution >= 0.6 is 0 Å². The summed E-state index contributed by atoms with van der Waals surface area (Å²) in [6.45, 7) is -0.393. The third-order valence-corrected chi connectivity index (χ3v) is 15.8. The van der Waals surface area contributed by atoms with Crippen LogP contribution < -0.4 is 31.1 Å². The number of aromatic nitrogens is 1. The zero-order valence-electron chi connectivity index (χ0n) is 56.5. The van der Waals surface area contributed by atoms with Crippen molar-refractivity contribution in [2.24, 2.45) is 0 Å². The fourth-order valence-electron chi connectivity index (χ4n) is 12.8. The maximum atomic E-state index is 9.80. The molecule has 3 heterocycles. The van der Waals surface area contributed by atoms with Gasteiger partial charge in [-0.2, -0.15) is 0 Å². The second-order valence-electron chi connectivity index (χ2n) is 19.7. The van der Waals surface area contributed by atoms with E-state index in [-0.39, 0.29) is 28.9 Å². The Morgan fingerprint density at radius 3 is 1.64 bits per heavy atom. The molecule has 0 amide bonds. The molecule has 4 nitrogen and oxygen atoms in total. The van der Waals surface area contributed by atoms with E-state index in [1.54, 1.807) is 16.7 Å². The van der Waals surface area contributed by atoms with E-state index in [2.05, 4.69) is 87.5 Å². The first-order chi connectivity index (χ1) is 44.9. The molecule has 0 bridgehead atoms. The highest BCUT2D eigenvalue weighted by Gasteiger charge is 2.48. The zero-order valence-corrected chi connectivity index (χ0v) is 41.5. The molecule has 0 saturated carbocycles. The monoisotopic (exact) mass is 1010 g/mol. The molecular formula is C73H49BN4. The predicted octanol–water partition coefficient (Wildman–Crippen LogP) is 16.7. The summed E-state index contributed by atoms with van der Waals surface area (Å²) in [7, 11) is 0. The summed E-state index contributed by atoms with van der Waals surface area (Å²) in [5.41, 5.74) is 10.6. The topological polar surface area (TPSA) is 14.7 Å². The molecule has 5 heteroatoms. The van der Waals surface area contributed by atoms with Crippen molar-refractivity contribution in [3.8, 4) is 16.8 Å². The minimum absolute atomic E-state index is 0.0371. The molecule has 0 N–H and O–H groups in total. The molecule has 1 aromatic heterocycles. The number of para-hydroxylation sites is 5. The van der Waals surface area contributed by atoms with Crippen LogP contribution in [0.3, 0.4) is 0 Å². The predicted molar refractivity (Wildman–Crippen MR) is 327 cm³/mol. The van der Waals surface area contributed by atoms with Gasteiger partial charge in [-0.15, -0.1) is 0 Å². The van der Waals surface area contributed by atoms with E-state index < -0.39 is 90.7 Å². The zero-order chi connectivity index (χ0) is 64.4. The quantitative estimate of drug-likeness (QED) is 0.141. The van der Waals surface area contributed by atoms with Crippen LogP contribution in [0.25, 0.3) is 38.6 Å². The van der Waals surface area contributed by atoms with Crippen molar-refractivity contribution in [3.63, 3.8) is 0 Å². The summed E-state index contributed by atoms with van der Waals surface area (Å²) < 4.78 is 139. The highest BCUT2D eigenvalue weighted by atomic mass is 15.2. The van der Waals surface area contributed by atoms with Crippen molar-refractivity contribution in [2.45, 2.75) is 5.41 Å². The first-order valence-electron chi connectivity index (χ1n) is 33.3. The van der Waals surface area contributed by atoms with Crippen LogP contribution in [-0.4, -0.2) is 11.3 Å². The highest BCUT2D eigenvalue weighted by molar-refractivity contribution is 7.00. The van der Waals surface area contributed by atoms with Gasteiger partial charge in [-0.25, -0.2) is 0 Å². The SMILES string of the molecule is [2H]c1c([2H])c([2H])c(-n2c3ccccc3c3cc(N4c5ccccc5B5c6ccc(N(c7ccccc7)c7ccccc7)cc6N(c6ccc7c(c6)C(c6c([2H])c([2H])c([2H])c([2H])c6[2H])(c6c([2H])c([2H])c([2H])c([2H])c6[2H])c6ccccc6-7)c6cccc4c65)ccc32)c([2H])c1[2H]. The lowest BCUT2D eigenvalue weighted by atomic mass is 9.33. The summed E-state index contributed by atoms with van der Waals surface area (Å²) in [4.78, 5) is 6.59. The average Bonchev–Trinajstić information content (AvgIpc) is 1.62. The molecule has 1 aliphatic carbocycles. The minimum Gasteiger partial charge on any atom is -0.311 e. The molecule has 0 radical (unpaired) electrons. The number of nitrogens with zero attached hydrogens (tertiary/aromatic N) is 4. The molecule has 0 unspecified atom stereocenters. The lowest BCUT2D eigenvalue weighted by molar-refractivity contribution is 0.768. The van der Waals surface area contributed by atoms with Crippen molar-refractivity contribution in [1.82, 2.24) is 4.57 Å². The van der Waals surface area contributed by atoms with Crippen molar-refractivity contribution < 1.29 is 20.6 Å². The van der Waals surface area contributed by atoms with Crippen molar-refractivity contribution in [3.05, 3.63) is 319 Å². The van der Waals surface area contributed by atoms with Gasteiger partial charge in [0.05, 0.1) is 37.0 Å². The van der Waals surface area contributed by atoms with Gasteiger partial charge in [0.15, 0.2) is 0 Å². The molecule has 0 atom stereocenters. The number of rotatable bonds is 8. The molecule has 16 rings (SSSR count). The fourth-order valence-corrected chi connectivity index (χ4v) is 12.8. The van der Waals surface area contributed by atoms with Gasteiger partial charge in [0.25, 0.3) is 6.71 Å². The molecule has 0 spiro atoms. The average molecular weight is 1010 g/mol. The number of hydrogen-bond donors (Lipinski definition) is 0. The van der Waals surface area contributed by atoms with E-state index in [0.717, 1.165) is 72.7 Å². The molecule has 12 aromatic carbocycles.